The van der Waals surface area contributed by atoms with Crippen molar-refractivity contribution in [3.8, 4) is 5.82 Å². The first-order valence-corrected chi connectivity index (χ1v) is 10.2. The molecule has 4 nitrogen and oxygen atoms in total. The molecule has 2 aromatic carbocycles. The van der Waals surface area contributed by atoms with Crippen molar-refractivity contribution in [1.29, 1.82) is 0 Å². The number of hydrogen-bond acceptors (Lipinski definition) is 4. The van der Waals surface area contributed by atoms with Gasteiger partial charge in [-0.15, -0.1) is 0 Å². The van der Waals surface area contributed by atoms with Crippen molar-refractivity contribution < 1.29 is 0 Å². The minimum atomic E-state index is -0.0980. The van der Waals surface area contributed by atoms with Crippen LogP contribution in [0, 0.1) is 6.92 Å². The van der Waals surface area contributed by atoms with Gasteiger partial charge in [-0.1, -0.05) is 58.0 Å². The lowest BCUT2D eigenvalue weighted by molar-refractivity contribution is 0.789. The van der Waals surface area contributed by atoms with Gasteiger partial charge in [0.15, 0.2) is 5.16 Å². The molecule has 0 bridgehead atoms. The Balaban J connectivity index is 1.86. The first-order valence-electron chi connectivity index (χ1n) is 8.44. The molecule has 0 N–H and O–H groups in total. The minimum Gasteiger partial charge on any atom is -0.268 e. The summed E-state index contributed by atoms with van der Waals surface area (Å²) >= 11 is 5.04. The molecule has 0 aliphatic carbocycles. The third-order valence-electron chi connectivity index (χ3n) is 4.20. The summed E-state index contributed by atoms with van der Waals surface area (Å²) < 4.78 is 2.66. The second kappa shape index (κ2) is 7.66. The van der Waals surface area contributed by atoms with Crippen molar-refractivity contribution in [3.05, 3.63) is 92.8 Å². The summed E-state index contributed by atoms with van der Waals surface area (Å²) in [5.74, 6) is 1.33. The van der Waals surface area contributed by atoms with Crippen molar-refractivity contribution in [3.63, 3.8) is 0 Å². The summed E-state index contributed by atoms with van der Waals surface area (Å²) in [6, 6.07) is 19.4. The van der Waals surface area contributed by atoms with Crippen LogP contribution in [-0.4, -0.2) is 14.5 Å². The number of thioether (sulfide) groups is 1. The highest BCUT2D eigenvalue weighted by atomic mass is 79.9. The van der Waals surface area contributed by atoms with E-state index in [4.69, 9.17) is 4.98 Å². The molecular formula is C21H16BrN3OS. The summed E-state index contributed by atoms with van der Waals surface area (Å²) in [7, 11) is 0. The highest BCUT2D eigenvalue weighted by Gasteiger charge is 2.15. The van der Waals surface area contributed by atoms with E-state index in [-0.39, 0.29) is 5.56 Å². The lowest BCUT2D eigenvalue weighted by Crippen LogP contribution is -2.23. The standard InChI is InChI=1S/C21H16BrN3OS/c1-14-6-5-11-23-19(14)25-20(26)17-9-2-3-10-18(17)24-21(25)27-13-15-7-4-8-16(22)12-15/h2-12H,13H2,1H3. The maximum Gasteiger partial charge on any atom is 0.267 e. The molecule has 0 atom stereocenters. The van der Waals surface area contributed by atoms with E-state index in [0.29, 0.717) is 27.6 Å². The lowest BCUT2D eigenvalue weighted by atomic mass is 10.2. The van der Waals surface area contributed by atoms with Crippen LogP contribution in [0.1, 0.15) is 11.1 Å². The van der Waals surface area contributed by atoms with Crippen LogP contribution < -0.4 is 5.56 Å². The molecule has 6 heteroatoms. The fraction of sp³-hybridized carbons (Fsp3) is 0.0952. The Bertz CT molecular complexity index is 1190. The Morgan fingerprint density at radius 1 is 1.07 bits per heavy atom. The van der Waals surface area contributed by atoms with Gasteiger partial charge in [0.05, 0.1) is 10.9 Å². The first kappa shape index (κ1) is 17.9. The maximum absolute atomic E-state index is 13.2. The molecule has 0 aliphatic rings. The molecule has 0 spiro atoms. The van der Waals surface area contributed by atoms with Crippen LogP contribution in [-0.2, 0) is 5.75 Å². The number of pyridine rings is 1. The van der Waals surface area contributed by atoms with Gasteiger partial charge in [0.25, 0.3) is 5.56 Å². The number of halogens is 1. The van der Waals surface area contributed by atoms with Crippen molar-refractivity contribution in [2.45, 2.75) is 17.8 Å². The Kier molecular flexibility index (Phi) is 5.09. The Morgan fingerprint density at radius 2 is 1.93 bits per heavy atom. The number of aromatic nitrogens is 3. The van der Waals surface area contributed by atoms with E-state index in [1.54, 1.807) is 10.8 Å². The van der Waals surface area contributed by atoms with Crippen LogP contribution in [0.25, 0.3) is 16.7 Å². The Hall–Kier alpha value is -2.44. The highest BCUT2D eigenvalue weighted by Crippen LogP contribution is 2.26. The highest BCUT2D eigenvalue weighted by molar-refractivity contribution is 9.10. The lowest BCUT2D eigenvalue weighted by Gasteiger charge is -2.14. The smallest absolute Gasteiger partial charge is 0.267 e. The molecule has 0 radical (unpaired) electrons. The zero-order chi connectivity index (χ0) is 18.8. The molecular weight excluding hydrogens is 422 g/mol. The van der Waals surface area contributed by atoms with Crippen molar-refractivity contribution in [2.24, 2.45) is 0 Å². The first-order chi connectivity index (χ1) is 13.1. The summed E-state index contributed by atoms with van der Waals surface area (Å²) in [5, 5.41) is 1.23. The minimum absolute atomic E-state index is 0.0980. The van der Waals surface area contributed by atoms with Gasteiger partial charge in [0.1, 0.15) is 5.82 Å². The van der Waals surface area contributed by atoms with Crippen LogP contribution in [0.5, 0.6) is 0 Å². The van der Waals surface area contributed by atoms with Gasteiger partial charge in [0.2, 0.25) is 0 Å². The Morgan fingerprint density at radius 3 is 2.74 bits per heavy atom. The van der Waals surface area contributed by atoms with Crippen LogP contribution in [0.15, 0.2) is 81.3 Å². The van der Waals surface area contributed by atoms with Crippen LogP contribution in [0.2, 0.25) is 0 Å². The number of para-hydroxylation sites is 1. The molecule has 2 aromatic heterocycles. The van der Waals surface area contributed by atoms with E-state index >= 15 is 0 Å². The van der Waals surface area contributed by atoms with E-state index in [1.807, 2.05) is 55.5 Å². The molecule has 4 rings (SSSR count). The normalized spacial score (nSPS) is 11.0. The SMILES string of the molecule is Cc1cccnc1-n1c(SCc2cccc(Br)c2)nc2ccccc2c1=O. The predicted octanol–water partition coefficient (Wildman–Crippen LogP) is 5.14. The second-order valence-electron chi connectivity index (χ2n) is 6.11. The van der Waals surface area contributed by atoms with Gasteiger partial charge in [-0.3, -0.25) is 4.79 Å². The second-order valence-corrected chi connectivity index (χ2v) is 7.97. The maximum atomic E-state index is 13.2. The van der Waals surface area contributed by atoms with Crippen molar-refractivity contribution >= 4 is 38.6 Å². The number of fused-ring (bicyclic) bond motifs is 1. The van der Waals surface area contributed by atoms with Crippen LogP contribution in [0.3, 0.4) is 0 Å². The number of hydrogen-bond donors (Lipinski definition) is 0. The zero-order valence-electron chi connectivity index (χ0n) is 14.6. The Labute approximate surface area is 169 Å². The average molecular weight is 438 g/mol. The molecule has 134 valence electrons. The van der Waals surface area contributed by atoms with E-state index < -0.39 is 0 Å². The number of nitrogens with zero attached hydrogens (tertiary/aromatic N) is 3. The van der Waals surface area contributed by atoms with Gasteiger partial charge in [-0.05, 0) is 48.4 Å². The van der Waals surface area contributed by atoms with Crippen LogP contribution in [0.4, 0.5) is 0 Å². The van der Waals surface area contributed by atoms with Crippen molar-refractivity contribution in [2.75, 3.05) is 0 Å². The van der Waals surface area contributed by atoms with Gasteiger partial charge < -0.3 is 0 Å². The number of benzene rings is 2. The molecule has 0 fully saturated rings. The molecule has 0 aliphatic heterocycles. The van der Waals surface area contributed by atoms with Gasteiger partial charge in [-0.2, -0.15) is 0 Å². The summed E-state index contributed by atoms with van der Waals surface area (Å²) in [5.41, 5.74) is 2.69. The number of aryl methyl sites for hydroxylation is 1. The number of rotatable bonds is 4. The van der Waals surface area contributed by atoms with E-state index in [0.717, 1.165) is 15.6 Å². The fourth-order valence-electron chi connectivity index (χ4n) is 2.88. The molecule has 0 unspecified atom stereocenters. The zero-order valence-corrected chi connectivity index (χ0v) is 17.0. The van der Waals surface area contributed by atoms with Gasteiger partial charge in [-0.25, -0.2) is 14.5 Å². The summed E-state index contributed by atoms with van der Waals surface area (Å²) in [4.78, 5) is 22.4. The predicted molar refractivity (Wildman–Crippen MR) is 114 cm³/mol. The average Bonchev–Trinajstić information content (AvgIpc) is 2.68. The molecule has 2 heterocycles. The largest absolute Gasteiger partial charge is 0.268 e. The summed E-state index contributed by atoms with van der Waals surface area (Å²) in [6.07, 6.45) is 1.70. The fourth-order valence-corrected chi connectivity index (χ4v) is 4.27. The van der Waals surface area contributed by atoms with Gasteiger partial charge >= 0.3 is 0 Å². The van der Waals surface area contributed by atoms with Crippen molar-refractivity contribution in [1.82, 2.24) is 14.5 Å². The van der Waals surface area contributed by atoms with Gasteiger partial charge in [0, 0.05) is 16.4 Å². The molecule has 4 aromatic rings. The molecule has 0 saturated heterocycles. The third-order valence-corrected chi connectivity index (χ3v) is 5.70. The quantitative estimate of drug-likeness (QED) is 0.327. The topological polar surface area (TPSA) is 47.8 Å². The van der Waals surface area contributed by atoms with E-state index in [2.05, 4.69) is 33.0 Å². The third kappa shape index (κ3) is 3.68. The molecule has 0 amide bonds. The molecule has 0 saturated carbocycles. The molecule has 27 heavy (non-hydrogen) atoms. The van der Waals surface area contributed by atoms with Crippen LogP contribution >= 0.6 is 27.7 Å². The monoisotopic (exact) mass is 437 g/mol. The van der Waals surface area contributed by atoms with E-state index in [9.17, 15) is 4.79 Å². The summed E-state index contributed by atoms with van der Waals surface area (Å²) in [6.45, 7) is 1.95. The van der Waals surface area contributed by atoms with E-state index in [1.165, 1.54) is 11.8 Å².